The van der Waals surface area contributed by atoms with E-state index in [0.29, 0.717) is 0 Å². The predicted molar refractivity (Wildman–Crippen MR) is 81.4 cm³/mol. The van der Waals surface area contributed by atoms with Crippen molar-refractivity contribution in [3.63, 3.8) is 0 Å². The standard InChI is InChI=1S/C15H16Cl2N2/c1-10-7-13(17)5-6-14(10)15(19-18)9-11-3-2-4-12(16)8-11/h2-8,15,19H,9,18H2,1H3. The van der Waals surface area contributed by atoms with Gasteiger partial charge in [0, 0.05) is 10.0 Å². The van der Waals surface area contributed by atoms with Crippen LogP contribution in [0.4, 0.5) is 0 Å². The number of halogens is 2. The van der Waals surface area contributed by atoms with Gasteiger partial charge in [0.15, 0.2) is 0 Å². The van der Waals surface area contributed by atoms with Gasteiger partial charge in [0.2, 0.25) is 0 Å². The van der Waals surface area contributed by atoms with Gasteiger partial charge in [-0.2, -0.15) is 0 Å². The van der Waals surface area contributed by atoms with Gasteiger partial charge >= 0.3 is 0 Å². The van der Waals surface area contributed by atoms with Crippen LogP contribution in [0.1, 0.15) is 22.7 Å². The maximum Gasteiger partial charge on any atom is 0.0502 e. The Bertz CT molecular complexity index is 570. The molecule has 4 heteroatoms. The van der Waals surface area contributed by atoms with E-state index in [-0.39, 0.29) is 6.04 Å². The number of hydrogen-bond donors (Lipinski definition) is 2. The van der Waals surface area contributed by atoms with Crippen LogP contribution >= 0.6 is 23.2 Å². The van der Waals surface area contributed by atoms with Crippen molar-refractivity contribution >= 4 is 23.2 Å². The minimum Gasteiger partial charge on any atom is -0.271 e. The quantitative estimate of drug-likeness (QED) is 0.659. The summed E-state index contributed by atoms with van der Waals surface area (Å²) in [7, 11) is 0. The molecule has 0 aliphatic rings. The van der Waals surface area contributed by atoms with Gasteiger partial charge < -0.3 is 0 Å². The van der Waals surface area contributed by atoms with Crippen molar-refractivity contribution in [2.24, 2.45) is 5.84 Å². The first kappa shape index (κ1) is 14.4. The van der Waals surface area contributed by atoms with Crippen LogP contribution in [0.2, 0.25) is 10.0 Å². The summed E-state index contributed by atoms with van der Waals surface area (Å²) >= 11 is 12.0. The lowest BCUT2D eigenvalue weighted by molar-refractivity contribution is 0.549. The molecule has 0 saturated carbocycles. The smallest absolute Gasteiger partial charge is 0.0502 e. The number of nitrogens with one attached hydrogen (secondary N) is 1. The summed E-state index contributed by atoms with van der Waals surface area (Å²) in [5, 5.41) is 1.47. The fourth-order valence-corrected chi connectivity index (χ4v) is 2.63. The van der Waals surface area contributed by atoms with Gasteiger partial charge in [-0.15, -0.1) is 0 Å². The second-order valence-corrected chi connectivity index (χ2v) is 5.43. The number of hydrogen-bond acceptors (Lipinski definition) is 2. The Morgan fingerprint density at radius 2 is 1.84 bits per heavy atom. The molecule has 0 aliphatic heterocycles. The fraction of sp³-hybridized carbons (Fsp3) is 0.200. The Hall–Kier alpha value is -1.06. The molecule has 2 aromatic rings. The summed E-state index contributed by atoms with van der Waals surface area (Å²) < 4.78 is 0. The second kappa shape index (κ2) is 6.40. The molecule has 0 aromatic heterocycles. The molecule has 0 bridgehead atoms. The van der Waals surface area contributed by atoms with Crippen molar-refractivity contribution in [1.29, 1.82) is 0 Å². The van der Waals surface area contributed by atoms with Crippen LogP contribution in [0.25, 0.3) is 0 Å². The van der Waals surface area contributed by atoms with Crippen LogP contribution in [-0.2, 0) is 6.42 Å². The van der Waals surface area contributed by atoms with Crippen molar-refractivity contribution in [3.05, 3.63) is 69.2 Å². The summed E-state index contributed by atoms with van der Waals surface area (Å²) in [6.45, 7) is 2.03. The van der Waals surface area contributed by atoms with Gasteiger partial charge in [0.05, 0.1) is 6.04 Å². The Morgan fingerprint density at radius 1 is 1.11 bits per heavy atom. The molecular weight excluding hydrogens is 279 g/mol. The Morgan fingerprint density at radius 3 is 2.47 bits per heavy atom. The number of hydrazine groups is 1. The topological polar surface area (TPSA) is 38.0 Å². The highest BCUT2D eigenvalue weighted by molar-refractivity contribution is 6.30. The predicted octanol–water partition coefficient (Wildman–Crippen LogP) is 4.05. The minimum atomic E-state index is 0.0377. The van der Waals surface area contributed by atoms with Gasteiger partial charge in [0.1, 0.15) is 0 Å². The molecule has 100 valence electrons. The van der Waals surface area contributed by atoms with Crippen LogP contribution in [-0.4, -0.2) is 0 Å². The van der Waals surface area contributed by atoms with Crippen molar-refractivity contribution in [2.75, 3.05) is 0 Å². The monoisotopic (exact) mass is 294 g/mol. The number of benzene rings is 2. The molecule has 0 fully saturated rings. The van der Waals surface area contributed by atoms with Crippen molar-refractivity contribution in [2.45, 2.75) is 19.4 Å². The maximum absolute atomic E-state index is 6.00. The van der Waals surface area contributed by atoms with E-state index in [1.807, 2.05) is 49.4 Å². The van der Waals surface area contributed by atoms with E-state index in [0.717, 1.165) is 33.2 Å². The Labute approximate surface area is 123 Å². The zero-order chi connectivity index (χ0) is 13.8. The highest BCUT2D eigenvalue weighted by atomic mass is 35.5. The molecule has 0 spiro atoms. The summed E-state index contributed by atoms with van der Waals surface area (Å²) in [6.07, 6.45) is 0.777. The molecule has 3 N–H and O–H groups in total. The third-order valence-electron chi connectivity index (χ3n) is 3.14. The summed E-state index contributed by atoms with van der Waals surface area (Å²) in [5.41, 5.74) is 6.27. The van der Waals surface area contributed by atoms with E-state index in [4.69, 9.17) is 29.0 Å². The van der Waals surface area contributed by atoms with Gasteiger partial charge in [-0.25, -0.2) is 0 Å². The molecule has 2 aromatic carbocycles. The fourth-order valence-electron chi connectivity index (χ4n) is 2.19. The molecule has 1 atom stereocenters. The van der Waals surface area contributed by atoms with E-state index < -0.39 is 0 Å². The van der Waals surface area contributed by atoms with E-state index >= 15 is 0 Å². The van der Waals surface area contributed by atoms with Crippen LogP contribution in [0.3, 0.4) is 0 Å². The lowest BCUT2D eigenvalue weighted by atomic mass is 9.96. The normalized spacial score (nSPS) is 12.4. The molecular formula is C15H16Cl2N2. The van der Waals surface area contributed by atoms with Crippen LogP contribution in [0.15, 0.2) is 42.5 Å². The molecule has 0 heterocycles. The molecule has 0 aliphatic carbocycles. The zero-order valence-corrected chi connectivity index (χ0v) is 12.2. The third kappa shape index (κ3) is 3.71. The van der Waals surface area contributed by atoms with Crippen LogP contribution in [0, 0.1) is 6.92 Å². The van der Waals surface area contributed by atoms with E-state index in [1.54, 1.807) is 0 Å². The van der Waals surface area contributed by atoms with Gasteiger partial charge in [-0.1, -0.05) is 41.4 Å². The summed E-state index contributed by atoms with van der Waals surface area (Å²) in [6, 6.07) is 13.7. The molecule has 19 heavy (non-hydrogen) atoms. The van der Waals surface area contributed by atoms with Gasteiger partial charge in [0.25, 0.3) is 0 Å². The lowest BCUT2D eigenvalue weighted by Gasteiger charge is -2.19. The largest absolute Gasteiger partial charge is 0.271 e. The first-order valence-electron chi connectivity index (χ1n) is 6.07. The lowest BCUT2D eigenvalue weighted by Crippen LogP contribution is -2.30. The van der Waals surface area contributed by atoms with Crippen LogP contribution < -0.4 is 11.3 Å². The minimum absolute atomic E-state index is 0.0377. The maximum atomic E-state index is 6.00. The average molecular weight is 295 g/mol. The Kier molecular flexibility index (Phi) is 4.83. The number of aryl methyl sites for hydroxylation is 1. The molecule has 2 nitrogen and oxygen atoms in total. The Balaban J connectivity index is 2.25. The highest BCUT2D eigenvalue weighted by Crippen LogP contribution is 2.24. The highest BCUT2D eigenvalue weighted by Gasteiger charge is 2.13. The third-order valence-corrected chi connectivity index (χ3v) is 3.61. The summed E-state index contributed by atoms with van der Waals surface area (Å²) in [5.74, 6) is 5.68. The molecule has 0 saturated heterocycles. The molecule has 2 rings (SSSR count). The van der Waals surface area contributed by atoms with E-state index in [1.165, 1.54) is 0 Å². The van der Waals surface area contributed by atoms with E-state index in [9.17, 15) is 0 Å². The van der Waals surface area contributed by atoms with E-state index in [2.05, 4.69) is 5.43 Å². The van der Waals surface area contributed by atoms with Crippen LogP contribution in [0.5, 0.6) is 0 Å². The molecule has 1 unspecified atom stereocenters. The van der Waals surface area contributed by atoms with Crippen molar-refractivity contribution in [1.82, 2.24) is 5.43 Å². The molecule has 0 radical (unpaired) electrons. The average Bonchev–Trinajstić information content (AvgIpc) is 2.37. The summed E-state index contributed by atoms with van der Waals surface area (Å²) in [4.78, 5) is 0. The number of rotatable bonds is 4. The van der Waals surface area contributed by atoms with Crippen molar-refractivity contribution in [3.8, 4) is 0 Å². The number of nitrogens with two attached hydrogens (primary N) is 1. The first-order valence-corrected chi connectivity index (χ1v) is 6.82. The van der Waals surface area contributed by atoms with Gasteiger partial charge in [-0.3, -0.25) is 11.3 Å². The SMILES string of the molecule is Cc1cc(Cl)ccc1C(Cc1cccc(Cl)c1)NN. The zero-order valence-electron chi connectivity index (χ0n) is 10.7. The molecule has 0 amide bonds. The second-order valence-electron chi connectivity index (χ2n) is 4.55. The van der Waals surface area contributed by atoms with Crippen molar-refractivity contribution < 1.29 is 0 Å². The van der Waals surface area contributed by atoms with Gasteiger partial charge in [-0.05, 0) is 54.3 Å². The first-order chi connectivity index (χ1) is 9.10.